The molecule has 3 nitrogen and oxygen atoms in total. The van der Waals surface area contributed by atoms with Gasteiger partial charge in [0.1, 0.15) is 6.42 Å². The maximum Gasteiger partial charge on any atom is 0.355 e. The third-order valence-electron chi connectivity index (χ3n) is 0.765. The minimum Gasteiger partial charge on any atom is -0.581 e. The molecule has 1 heterocycles. The van der Waals surface area contributed by atoms with Gasteiger partial charge in [0.2, 0.25) is 0 Å². The Hall–Kier alpha value is -0.860. The second-order valence-corrected chi connectivity index (χ2v) is 1.56. The molecule has 1 aliphatic rings. The fourth-order valence-electron chi connectivity index (χ4n) is 0.459. The Kier molecular flexibility index (Phi) is 0.817. The largest absolute Gasteiger partial charge is 0.581 e. The second-order valence-electron chi connectivity index (χ2n) is 1.56. The van der Waals surface area contributed by atoms with Crippen molar-refractivity contribution in [3.63, 3.8) is 0 Å². The molecule has 0 fully saturated rings. The molecular weight excluding hydrogens is 92.1 g/mol. The highest BCUT2D eigenvalue weighted by atomic mass is 16.3. The summed E-state index contributed by atoms with van der Waals surface area (Å²) < 4.78 is 0. The SMILES string of the molecule is CC1=NN=C([OH2+])C1. The van der Waals surface area contributed by atoms with Crippen LogP contribution in [0.25, 0.3) is 0 Å². The summed E-state index contributed by atoms with van der Waals surface area (Å²) in [5.41, 5.74) is 0.935. The highest BCUT2D eigenvalue weighted by Crippen LogP contribution is 1.97. The summed E-state index contributed by atoms with van der Waals surface area (Å²) in [5.74, 6) is 0.373. The third kappa shape index (κ3) is 0.765. The molecule has 0 aromatic heterocycles. The first-order valence-electron chi connectivity index (χ1n) is 2.10. The summed E-state index contributed by atoms with van der Waals surface area (Å²) in [6.45, 7) is 1.87. The van der Waals surface area contributed by atoms with E-state index in [0.717, 1.165) is 5.71 Å². The van der Waals surface area contributed by atoms with Crippen molar-refractivity contribution >= 4 is 11.6 Å². The minimum absolute atomic E-state index is 0.373. The van der Waals surface area contributed by atoms with E-state index in [2.05, 4.69) is 10.2 Å². The van der Waals surface area contributed by atoms with Crippen LogP contribution in [0.1, 0.15) is 13.3 Å². The van der Waals surface area contributed by atoms with Crippen LogP contribution >= 0.6 is 0 Å². The van der Waals surface area contributed by atoms with Gasteiger partial charge in [-0.15, -0.1) is 0 Å². The van der Waals surface area contributed by atoms with Gasteiger partial charge in [0.05, 0.1) is 5.71 Å². The summed E-state index contributed by atoms with van der Waals surface area (Å²) in [7, 11) is 0. The van der Waals surface area contributed by atoms with Crippen LogP contribution < -0.4 is 0 Å². The molecule has 7 heavy (non-hydrogen) atoms. The maximum atomic E-state index is 6.90. The molecule has 38 valence electrons. The summed E-state index contributed by atoms with van der Waals surface area (Å²) >= 11 is 0. The molecule has 2 N–H and O–H groups in total. The second kappa shape index (κ2) is 1.33. The molecular formula is C4H7N2O+. The molecule has 0 atom stereocenters. The van der Waals surface area contributed by atoms with Gasteiger partial charge in [-0.25, -0.2) is 0 Å². The Bertz CT molecular complexity index is 121. The third-order valence-corrected chi connectivity index (χ3v) is 0.765. The van der Waals surface area contributed by atoms with Crippen LogP contribution in [0.4, 0.5) is 0 Å². The van der Waals surface area contributed by atoms with Crippen molar-refractivity contribution in [1.29, 1.82) is 0 Å². The summed E-state index contributed by atoms with van der Waals surface area (Å²) in [6.07, 6.45) is 0.639. The summed E-state index contributed by atoms with van der Waals surface area (Å²) in [5, 5.41) is 14.0. The average molecular weight is 99.1 g/mol. The number of hydrogen-bond donors (Lipinski definition) is 0. The van der Waals surface area contributed by atoms with E-state index >= 15 is 0 Å². The van der Waals surface area contributed by atoms with Crippen molar-refractivity contribution < 1.29 is 5.11 Å². The topological polar surface area (TPSA) is 47.6 Å². The van der Waals surface area contributed by atoms with Crippen LogP contribution in [0, 0.1) is 0 Å². The van der Waals surface area contributed by atoms with Crippen LogP contribution in [0.2, 0.25) is 0 Å². The molecule has 0 aromatic carbocycles. The van der Waals surface area contributed by atoms with Crippen molar-refractivity contribution in [2.45, 2.75) is 13.3 Å². The van der Waals surface area contributed by atoms with Crippen LogP contribution in [-0.2, 0) is 0 Å². The first kappa shape index (κ1) is 4.30. The number of hydrogen-bond acceptors (Lipinski definition) is 2. The van der Waals surface area contributed by atoms with E-state index < -0.39 is 0 Å². The van der Waals surface area contributed by atoms with Gasteiger partial charge in [-0.1, -0.05) is 5.10 Å². The van der Waals surface area contributed by atoms with Crippen molar-refractivity contribution in [3.05, 3.63) is 0 Å². The lowest BCUT2D eigenvalue weighted by Crippen LogP contribution is -1.94. The molecule has 0 radical (unpaired) electrons. The lowest BCUT2D eigenvalue weighted by Gasteiger charge is -1.76. The predicted octanol–water partition coefficient (Wildman–Crippen LogP) is -0.111. The normalized spacial score (nSPS) is 19.0. The molecule has 0 aliphatic carbocycles. The van der Waals surface area contributed by atoms with Gasteiger partial charge in [0, 0.05) is 0 Å². The average Bonchev–Trinajstić information content (AvgIpc) is 1.87. The van der Waals surface area contributed by atoms with Gasteiger partial charge < -0.3 is 5.11 Å². The molecule has 0 saturated carbocycles. The fourth-order valence-corrected chi connectivity index (χ4v) is 0.459. The van der Waals surface area contributed by atoms with Gasteiger partial charge in [0.25, 0.3) is 0 Å². The van der Waals surface area contributed by atoms with E-state index in [1.165, 1.54) is 0 Å². The first-order valence-corrected chi connectivity index (χ1v) is 2.10. The van der Waals surface area contributed by atoms with Gasteiger partial charge in [-0.05, 0) is 6.92 Å². The summed E-state index contributed by atoms with van der Waals surface area (Å²) in [6, 6.07) is 0. The van der Waals surface area contributed by atoms with Gasteiger partial charge >= 0.3 is 5.90 Å². The predicted molar refractivity (Wildman–Crippen MR) is 28.8 cm³/mol. The van der Waals surface area contributed by atoms with E-state index in [9.17, 15) is 0 Å². The number of rotatable bonds is 0. The van der Waals surface area contributed by atoms with Crippen molar-refractivity contribution in [2.24, 2.45) is 10.2 Å². The molecule has 1 rings (SSSR count). The fraction of sp³-hybridized carbons (Fsp3) is 0.500. The van der Waals surface area contributed by atoms with E-state index in [4.69, 9.17) is 5.11 Å². The molecule has 0 amide bonds. The summed E-state index contributed by atoms with van der Waals surface area (Å²) in [4.78, 5) is 0. The van der Waals surface area contributed by atoms with Crippen LogP contribution in [0.5, 0.6) is 0 Å². The molecule has 1 aliphatic heterocycles. The van der Waals surface area contributed by atoms with E-state index in [-0.39, 0.29) is 0 Å². The van der Waals surface area contributed by atoms with Gasteiger partial charge in [-0.3, -0.25) is 0 Å². The zero-order chi connectivity index (χ0) is 5.28. The Morgan fingerprint density at radius 3 is 2.43 bits per heavy atom. The monoisotopic (exact) mass is 99.1 g/mol. The first-order chi connectivity index (χ1) is 3.29. The highest BCUT2D eigenvalue weighted by molar-refractivity contribution is 6.01. The Morgan fingerprint density at radius 1 is 1.57 bits per heavy atom. The van der Waals surface area contributed by atoms with Crippen LogP contribution in [0.15, 0.2) is 10.2 Å². The minimum atomic E-state index is 0.373. The smallest absolute Gasteiger partial charge is 0.355 e. The quantitative estimate of drug-likeness (QED) is 0.380. The van der Waals surface area contributed by atoms with Crippen molar-refractivity contribution in [2.75, 3.05) is 0 Å². The van der Waals surface area contributed by atoms with Crippen LogP contribution in [0.3, 0.4) is 0 Å². The van der Waals surface area contributed by atoms with E-state index in [1.54, 1.807) is 0 Å². The molecule has 3 heteroatoms. The lowest BCUT2D eigenvalue weighted by atomic mass is 10.3. The standard InChI is InChI=1S/C4H6N2O/c1-3-2-4(7)6-5-3/h2H2,1H3,(H,6,7)/p+1. The molecule has 0 unspecified atom stereocenters. The Morgan fingerprint density at radius 2 is 2.29 bits per heavy atom. The van der Waals surface area contributed by atoms with Gasteiger partial charge in [0.15, 0.2) is 0 Å². The molecule has 0 bridgehead atoms. The van der Waals surface area contributed by atoms with Gasteiger partial charge in [-0.2, -0.15) is 5.10 Å². The zero-order valence-corrected chi connectivity index (χ0v) is 4.10. The molecule has 0 saturated heterocycles. The van der Waals surface area contributed by atoms with Crippen LogP contribution in [-0.4, -0.2) is 16.7 Å². The Labute approximate surface area is 41.4 Å². The number of nitrogens with zero attached hydrogens (tertiary/aromatic N) is 2. The van der Waals surface area contributed by atoms with E-state index in [0.29, 0.717) is 12.3 Å². The maximum absolute atomic E-state index is 6.90. The molecule has 0 aromatic rings. The zero-order valence-electron chi connectivity index (χ0n) is 4.10. The van der Waals surface area contributed by atoms with Crippen molar-refractivity contribution in [1.82, 2.24) is 0 Å². The van der Waals surface area contributed by atoms with Crippen molar-refractivity contribution in [3.8, 4) is 0 Å². The lowest BCUT2D eigenvalue weighted by molar-refractivity contribution is 0.543. The van der Waals surface area contributed by atoms with E-state index in [1.807, 2.05) is 6.92 Å². The highest BCUT2D eigenvalue weighted by Gasteiger charge is 2.08. The Balaban J connectivity index is 2.61. The molecule has 0 spiro atoms.